The zero-order valence-electron chi connectivity index (χ0n) is 11.1. The molecule has 7 heteroatoms. The molecule has 2 aromatic rings. The molecule has 1 atom stereocenters. The minimum atomic E-state index is -0.243. The van der Waals surface area contributed by atoms with Crippen LogP contribution in [0.2, 0.25) is 0 Å². The fraction of sp³-hybridized carbons (Fsp3) is 0.333. The van der Waals surface area contributed by atoms with Gasteiger partial charge in [-0.05, 0) is 19.1 Å². The second kappa shape index (κ2) is 5.47. The summed E-state index contributed by atoms with van der Waals surface area (Å²) in [4.78, 5) is 16.1. The highest BCUT2D eigenvalue weighted by molar-refractivity contribution is 5.93. The lowest BCUT2D eigenvalue weighted by Crippen LogP contribution is -2.29. The van der Waals surface area contributed by atoms with Gasteiger partial charge < -0.3 is 15.2 Å². The highest BCUT2D eigenvalue weighted by atomic mass is 16.1. The van der Waals surface area contributed by atoms with E-state index < -0.39 is 0 Å². The van der Waals surface area contributed by atoms with Gasteiger partial charge in [-0.3, -0.25) is 9.78 Å². The predicted octanol–water partition coefficient (Wildman–Crippen LogP) is 0.743. The predicted molar refractivity (Wildman–Crippen MR) is 70.7 cm³/mol. The number of carbonyl (C=O) groups is 1. The summed E-state index contributed by atoms with van der Waals surface area (Å²) in [5, 5.41) is 13.6. The Bertz CT molecular complexity index is 579. The topological polar surface area (TPSA) is 84.7 Å². The fourth-order valence-electron chi connectivity index (χ4n) is 1.73. The van der Waals surface area contributed by atoms with Gasteiger partial charge in [-0.2, -0.15) is 0 Å². The van der Waals surface area contributed by atoms with Crippen molar-refractivity contribution in [3.05, 3.63) is 36.2 Å². The van der Waals surface area contributed by atoms with Crippen molar-refractivity contribution in [2.24, 2.45) is 7.05 Å². The van der Waals surface area contributed by atoms with Crippen LogP contribution in [0.25, 0.3) is 0 Å². The molecule has 0 saturated carbocycles. The van der Waals surface area contributed by atoms with Crippen molar-refractivity contribution in [3.8, 4) is 0 Å². The number of aromatic nitrogens is 4. The maximum absolute atomic E-state index is 12.1. The smallest absolute Gasteiger partial charge is 0.270 e. The largest absolute Gasteiger partial charge is 0.388 e. The van der Waals surface area contributed by atoms with Gasteiger partial charge in [0.2, 0.25) is 0 Å². The molecular weight excluding hydrogens is 244 g/mol. The van der Waals surface area contributed by atoms with Crippen LogP contribution in [0.5, 0.6) is 0 Å². The van der Waals surface area contributed by atoms with Crippen LogP contribution >= 0.6 is 0 Å². The number of nitrogens with one attached hydrogen (secondary N) is 2. The lowest BCUT2D eigenvalue weighted by molar-refractivity contribution is 0.0933. The van der Waals surface area contributed by atoms with E-state index in [-0.39, 0.29) is 11.9 Å². The molecule has 0 bridgehead atoms. The molecule has 0 aliphatic rings. The van der Waals surface area contributed by atoms with Gasteiger partial charge in [-0.15, -0.1) is 10.2 Å². The van der Waals surface area contributed by atoms with E-state index in [2.05, 4.69) is 25.8 Å². The minimum Gasteiger partial charge on any atom is -0.388 e. The maximum atomic E-state index is 12.1. The van der Waals surface area contributed by atoms with Crippen LogP contribution in [0.3, 0.4) is 0 Å². The Hall–Kier alpha value is -2.44. The summed E-state index contributed by atoms with van der Waals surface area (Å²) < 4.78 is 1.77. The molecule has 1 unspecified atom stereocenters. The highest BCUT2D eigenvalue weighted by Crippen LogP contribution is 2.10. The summed E-state index contributed by atoms with van der Waals surface area (Å²) in [6.45, 7) is 1.85. The molecule has 0 saturated heterocycles. The van der Waals surface area contributed by atoms with E-state index in [9.17, 15) is 4.79 Å². The molecule has 0 spiro atoms. The molecule has 2 N–H and O–H groups in total. The van der Waals surface area contributed by atoms with E-state index in [4.69, 9.17) is 0 Å². The molecule has 2 aromatic heterocycles. The van der Waals surface area contributed by atoms with Crippen molar-refractivity contribution >= 4 is 11.6 Å². The number of pyridine rings is 1. The van der Waals surface area contributed by atoms with Crippen molar-refractivity contribution < 1.29 is 4.79 Å². The quantitative estimate of drug-likeness (QED) is 0.847. The zero-order valence-corrected chi connectivity index (χ0v) is 11.1. The molecule has 2 heterocycles. The summed E-state index contributed by atoms with van der Waals surface area (Å²) >= 11 is 0. The standard InChI is InChI=1S/C12H16N6O/c1-8(11-17-15-7-18(11)3)16-12(19)10-6-9(13-2)4-5-14-10/h4-8H,1-3H3,(H,13,14)(H,16,19). The van der Waals surface area contributed by atoms with E-state index in [0.29, 0.717) is 11.5 Å². The first kappa shape index (κ1) is 13.0. The van der Waals surface area contributed by atoms with Gasteiger partial charge in [0, 0.05) is 26.0 Å². The van der Waals surface area contributed by atoms with Crippen LogP contribution in [-0.4, -0.2) is 32.7 Å². The van der Waals surface area contributed by atoms with E-state index in [0.717, 1.165) is 5.69 Å². The Labute approximate surface area is 111 Å². The lowest BCUT2D eigenvalue weighted by atomic mass is 10.2. The molecule has 2 rings (SSSR count). The maximum Gasteiger partial charge on any atom is 0.270 e. The van der Waals surface area contributed by atoms with Crippen LogP contribution < -0.4 is 10.6 Å². The monoisotopic (exact) mass is 260 g/mol. The molecular formula is C12H16N6O. The van der Waals surface area contributed by atoms with Gasteiger partial charge in [0.15, 0.2) is 5.82 Å². The van der Waals surface area contributed by atoms with Crippen molar-refractivity contribution in [2.45, 2.75) is 13.0 Å². The molecule has 0 aromatic carbocycles. The average molecular weight is 260 g/mol. The van der Waals surface area contributed by atoms with Gasteiger partial charge in [0.1, 0.15) is 12.0 Å². The van der Waals surface area contributed by atoms with Crippen LogP contribution in [-0.2, 0) is 7.05 Å². The Kier molecular flexibility index (Phi) is 3.74. The number of anilines is 1. The van der Waals surface area contributed by atoms with Gasteiger partial charge in [0.05, 0.1) is 6.04 Å². The molecule has 19 heavy (non-hydrogen) atoms. The number of carbonyl (C=O) groups excluding carboxylic acids is 1. The number of nitrogens with zero attached hydrogens (tertiary/aromatic N) is 4. The Morgan fingerprint density at radius 1 is 1.47 bits per heavy atom. The van der Waals surface area contributed by atoms with Crippen molar-refractivity contribution in [2.75, 3.05) is 12.4 Å². The second-order valence-corrected chi connectivity index (χ2v) is 4.17. The fourth-order valence-corrected chi connectivity index (χ4v) is 1.73. The summed E-state index contributed by atoms with van der Waals surface area (Å²) in [7, 11) is 3.62. The Morgan fingerprint density at radius 3 is 2.89 bits per heavy atom. The van der Waals surface area contributed by atoms with E-state index in [1.807, 2.05) is 14.0 Å². The van der Waals surface area contributed by atoms with Crippen LogP contribution in [0.4, 0.5) is 5.69 Å². The van der Waals surface area contributed by atoms with Gasteiger partial charge in [-0.25, -0.2) is 0 Å². The van der Waals surface area contributed by atoms with E-state index in [1.165, 1.54) is 0 Å². The third kappa shape index (κ3) is 2.87. The molecule has 0 aliphatic heterocycles. The first-order valence-corrected chi connectivity index (χ1v) is 5.90. The van der Waals surface area contributed by atoms with Crippen molar-refractivity contribution in [1.29, 1.82) is 0 Å². The number of amides is 1. The normalized spacial score (nSPS) is 11.9. The summed E-state index contributed by atoms with van der Waals surface area (Å²) in [6, 6.07) is 3.25. The Balaban J connectivity index is 2.10. The van der Waals surface area contributed by atoms with Crippen molar-refractivity contribution in [1.82, 2.24) is 25.1 Å². The highest BCUT2D eigenvalue weighted by Gasteiger charge is 2.16. The van der Waals surface area contributed by atoms with Gasteiger partial charge in [0.25, 0.3) is 5.91 Å². The molecule has 0 radical (unpaired) electrons. The van der Waals surface area contributed by atoms with Gasteiger partial charge >= 0.3 is 0 Å². The first-order valence-electron chi connectivity index (χ1n) is 5.90. The summed E-state index contributed by atoms with van der Waals surface area (Å²) in [6.07, 6.45) is 3.19. The molecule has 100 valence electrons. The first-order chi connectivity index (χ1) is 9.11. The molecule has 1 amide bonds. The van der Waals surface area contributed by atoms with Gasteiger partial charge in [-0.1, -0.05) is 0 Å². The SMILES string of the molecule is CNc1ccnc(C(=O)NC(C)c2nncn2C)c1. The molecule has 7 nitrogen and oxygen atoms in total. The number of hydrogen-bond donors (Lipinski definition) is 2. The number of rotatable bonds is 4. The number of aryl methyl sites for hydroxylation is 1. The third-order valence-electron chi connectivity index (χ3n) is 2.76. The molecule has 0 fully saturated rings. The average Bonchev–Trinajstić information content (AvgIpc) is 2.85. The van der Waals surface area contributed by atoms with Crippen molar-refractivity contribution in [3.63, 3.8) is 0 Å². The summed E-state index contributed by atoms with van der Waals surface area (Å²) in [5.41, 5.74) is 1.20. The molecule has 0 aliphatic carbocycles. The second-order valence-electron chi connectivity index (χ2n) is 4.17. The number of hydrogen-bond acceptors (Lipinski definition) is 5. The van der Waals surface area contributed by atoms with Crippen LogP contribution in [0.1, 0.15) is 29.3 Å². The summed E-state index contributed by atoms with van der Waals surface area (Å²) in [5.74, 6) is 0.450. The zero-order chi connectivity index (χ0) is 13.8. The van der Waals surface area contributed by atoms with E-state index in [1.54, 1.807) is 36.3 Å². The third-order valence-corrected chi connectivity index (χ3v) is 2.76. The van der Waals surface area contributed by atoms with Crippen LogP contribution in [0, 0.1) is 0 Å². The van der Waals surface area contributed by atoms with Crippen LogP contribution in [0.15, 0.2) is 24.7 Å². The van der Waals surface area contributed by atoms with E-state index >= 15 is 0 Å². The lowest BCUT2D eigenvalue weighted by Gasteiger charge is -2.12. The minimum absolute atomic E-state index is 0.236. The Morgan fingerprint density at radius 2 is 2.26 bits per heavy atom.